The number of ketones is 1. The van der Waals surface area contributed by atoms with E-state index in [0.717, 1.165) is 12.8 Å². The lowest BCUT2D eigenvalue weighted by Gasteiger charge is -2.07. The van der Waals surface area contributed by atoms with E-state index in [1.165, 1.54) is 70.6 Å². The van der Waals surface area contributed by atoms with Gasteiger partial charge in [0.15, 0.2) is 11.2 Å². The summed E-state index contributed by atoms with van der Waals surface area (Å²) in [6.07, 6.45) is 22.6. The van der Waals surface area contributed by atoms with Crippen molar-refractivity contribution in [2.75, 3.05) is 0 Å². The van der Waals surface area contributed by atoms with Crippen LogP contribution in [0.25, 0.3) is 11.2 Å². The van der Waals surface area contributed by atoms with E-state index in [-0.39, 0.29) is 17.6 Å². The molecule has 1 atom stereocenters. The summed E-state index contributed by atoms with van der Waals surface area (Å²) in [4.78, 5) is 20.8. The Labute approximate surface area is 176 Å². The van der Waals surface area contributed by atoms with Crippen molar-refractivity contribution in [3.63, 3.8) is 0 Å². The van der Waals surface area contributed by atoms with Gasteiger partial charge in [-0.1, -0.05) is 77.4 Å². The lowest BCUT2D eigenvalue weighted by atomic mass is 9.98. The average molecular weight is 399 g/mol. The van der Waals surface area contributed by atoms with E-state index in [1.54, 1.807) is 18.3 Å². The van der Waals surface area contributed by atoms with Gasteiger partial charge >= 0.3 is 0 Å². The molecule has 29 heavy (non-hydrogen) atoms. The van der Waals surface area contributed by atoms with Crippen LogP contribution in [0.4, 0.5) is 0 Å². The summed E-state index contributed by atoms with van der Waals surface area (Å²) in [5.41, 5.74) is 1.08. The molecule has 0 spiro atoms. The Balaban J connectivity index is 1.48. The van der Waals surface area contributed by atoms with Gasteiger partial charge in [0.25, 0.3) is 5.89 Å². The Morgan fingerprint density at radius 3 is 2.34 bits per heavy atom. The Hall–Kier alpha value is -1.97. The first kappa shape index (κ1) is 23.3. The number of hydrogen-bond donors (Lipinski definition) is 0. The summed E-state index contributed by atoms with van der Waals surface area (Å²) in [6.45, 7) is 4.23. The number of unbranched alkanes of at least 4 members (excludes halogenated alkanes) is 10. The zero-order chi connectivity index (χ0) is 20.7. The van der Waals surface area contributed by atoms with Crippen LogP contribution in [0.2, 0.25) is 0 Å². The van der Waals surface area contributed by atoms with Crippen molar-refractivity contribution >= 4 is 17.0 Å². The molecule has 0 saturated heterocycles. The molecule has 0 aliphatic heterocycles. The maximum absolute atomic E-state index is 12.5. The second kappa shape index (κ2) is 14.1. The molecule has 0 aliphatic rings. The van der Waals surface area contributed by atoms with Gasteiger partial charge in [-0.15, -0.1) is 0 Å². The largest absolute Gasteiger partial charge is 0.432 e. The van der Waals surface area contributed by atoms with Gasteiger partial charge in [0.05, 0.1) is 0 Å². The highest BCUT2D eigenvalue weighted by Gasteiger charge is 2.21. The molecule has 4 heteroatoms. The number of hydrogen-bond acceptors (Lipinski definition) is 4. The Morgan fingerprint density at radius 2 is 1.66 bits per heavy atom. The third kappa shape index (κ3) is 8.93. The van der Waals surface area contributed by atoms with Gasteiger partial charge < -0.3 is 4.42 Å². The second-order valence-corrected chi connectivity index (χ2v) is 8.13. The first-order valence-electron chi connectivity index (χ1n) is 11.6. The topological polar surface area (TPSA) is 56.0 Å². The summed E-state index contributed by atoms with van der Waals surface area (Å²) < 4.78 is 5.54. The van der Waals surface area contributed by atoms with Crippen LogP contribution < -0.4 is 0 Å². The molecule has 0 bridgehead atoms. The van der Waals surface area contributed by atoms with Crippen molar-refractivity contribution in [2.24, 2.45) is 5.92 Å². The fraction of sp³-hybridized carbons (Fsp3) is 0.640. The van der Waals surface area contributed by atoms with Crippen molar-refractivity contribution in [3.05, 3.63) is 36.4 Å². The molecular formula is C25H38N2O2. The van der Waals surface area contributed by atoms with E-state index in [4.69, 9.17) is 4.42 Å². The zero-order valence-electron chi connectivity index (χ0n) is 18.4. The Kier molecular flexibility index (Phi) is 11.3. The molecule has 0 N–H and O–H groups in total. The number of aromatic nitrogens is 2. The van der Waals surface area contributed by atoms with Gasteiger partial charge in [-0.25, -0.2) is 4.98 Å². The lowest BCUT2D eigenvalue weighted by molar-refractivity contribution is 0.0889. The van der Waals surface area contributed by atoms with Gasteiger partial charge in [0, 0.05) is 12.1 Å². The van der Waals surface area contributed by atoms with Crippen LogP contribution in [0.15, 0.2) is 34.9 Å². The molecule has 2 rings (SSSR count). The van der Waals surface area contributed by atoms with Crippen molar-refractivity contribution < 1.29 is 9.21 Å². The molecule has 0 aliphatic carbocycles. The number of pyridine rings is 1. The highest BCUT2D eigenvalue weighted by Crippen LogP contribution is 2.19. The number of carbonyl (C=O) groups excluding carboxylic acids is 1. The normalized spacial score (nSPS) is 12.8. The predicted molar refractivity (Wildman–Crippen MR) is 120 cm³/mol. The monoisotopic (exact) mass is 398 g/mol. The maximum Gasteiger partial charge on any atom is 0.266 e. The van der Waals surface area contributed by atoms with E-state index < -0.39 is 0 Å². The third-order valence-electron chi connectivity index (χ3n) is 5.47. The van der Waals surface area contributed by atoms with Crippen LogP contribution >= 0.6 is 0 Å². The maximum atomic E-state index is 12.5. The minimum atomic E-state index is -0.0553. The molecule has 4 nitrogen and oxygen atoms in total. The molecule has 160 valence electrons. The highest BCUT2D eigenvalue weighted by molar-refractivity contribution is 5.95. The van der Waals surface area contributed by atoms with Crippen LogP contribution in [0, 0.1) is 5.92 Å². The molecule has 0 radical (unpaired) electrons. The SMILES string of the molecule is CCCCCCCC/C=C\CCCCCCC(C)C(=O)c1nc2ncccc2o1. The third-order valence-corrected chi connectivity index (χ3v) is 5.47. The molecule has 0 amide bonds. The smallest absolute Gasteiger partial charge is 0.266 e. The fourth-order valence-electron chi connectivity index (χ4n) is 3.56. The number of Topliss-reactive ketones (excluding diaryl/α,β-unsaturated/α-hetero) is 1. The van der Waals surface area contributed by atoms with Crippen molar-refractivity contribution in [1.29, 1.82) is 0 Å². The number of fused-ring (bicyclic) bond motifs is 1. The summed E-state index contributed by atoms with van der Waals surface area (Å²) in [6, 6.07) is 3.58. The number of allylic oxidation sites excluding steroid dienone is 2. The van der Waals surface area contributed by atoms with Gasteiger partial charge in [-0.2, -0.15) is 4.98 Å². The molecule has 0 fully saturated rings. The van der Waals surface area contributed by atoms with Crippen molar-refractivity contribution in [1.82, 2.24) is 9.97 Å². The predicted octanol–water partition coefficient (Wildman–Crippen LogP) is 7.69. The molecule has 1 unspecified atom stereocenters. The fourth-order valence-corrected chi connectivity index (χ4v) is 3.56. The Morgan fingerprint density at radius 1 is 1.00 bits per heavy atom. The number of carbonyl (C=O) groups is 1. The van der Waals surface area contributed by atoms with E-state index in [9.17, 15) is 4.79 Å². The molecule has 2 heterocycles. The van der Waals surface area contributed by atoms with E-state index in [1.807, 2.05) is 6.92 Å². The molecular weight excluding hydrogens is 360 g/mol. The van der Waals surface area contributed by atoms with Gasteiger partial charge in [-0.05, 0) is 44.2 Å². The van der Waals surface area contributed by atoms with Crippen LogP contribution in [-0.4, -0.2) is 15.8 Å². The first-order chi connectivity index (χ1) is 14.2. The minimum Gasteiger partial charge on any atom is -0.432 e. The molecule has 2 aromatic rings. The lowest BCUT2D eigenvalue weighted by Crippen LogP contribution is -2.11. The number of oxazole rings is 1. The quantitative estimate of drug-likeness (QED) is 0.165. The Bertz CT molecular complexity index is 702. The van der Waals surface area contributed by atoms with Gasteiger partial charge in [0.1, 0.15) is 0 Å². The molecule has 0 saturated carbocycles. The highest BCUT2D eigenvalue weighted by atomic mass is 16.4. The molecule has 0 aromatic carbocycles. The zero-order valence-corrected chi connectivity index (χ0v) is 18.4. The van der Waals surface area contributed by atoms with Crippen LogP contribution in [-0.2, 0) is 0 Å². The van der Waals surface area contributed by atoms with Crippen molar-refractivity contribution in [3.8, 4) is 0 Å². The van der Waals surface area contributed by atoms with Crippen LogP contribution in [0.3, 0.4) is 0 Å². The number of rotatable bonds is 16. The standard InChI is InChI=1S/C25H38N2O2/c1-3-4-5-6-7-8-9-10-11-12-13-14-15-16-18-21(2)23(28)25-27-24-22(29-25)19-17-20-26-24/h10-11,17,19-21H,3-9,12-16,18H2,1-2H3/b11-10-. The van der Waals surface area contributed by atoms with Gasteiger partial charge in [0.2, 0.25) is 5.78 Å². The number of nitrogens with zero attached hydrogens (tertiary/aromatic N) is 2. The average Bonchev–Trinajstić information content (AvgIpc) is 3.17. The van der Waals surface area contributed by atoms with Crippen LogP contribution in [0.1, 0.15) is 108 Å². The molecule has 2 aromatic heterocycles. The van der Waals surface area contributed by atoms with Crippen molar-refractivity contribution in [2.45, 2.75) is 97.3 Å². The van der Waals surface area contributed by atoms with E-state index in [2.05, 4.69) is 29.0 Å². The summed E-state index contributed by atoms with van der Waals surface area (Å²) in [5, 5.41) is 0. The summed E-state index contributed by atoms with van der Waals surface area (Å²) >= 11 is 0. The van der Waals surface area contributed by atoms with E-state index >= 15 is 0 Å². The van der Waals surface area contributed by atoms with Gasteiger partial charge in [-0.3, -0.25) is 4.79 Å². The second-order valence-electron chi connectivity index (χ2n) is 8.13. The van der Waals surface area contributed by atoms with Crippen LogP contribution in [0.5, 0.6) is 0 Å². The van der Waals surface area contributed by atoms with E-state index in [0.29, 0.717) is 11.2 Å². The first-order valence-corrected chi connectivity index (χ1v) is 11.6. The minimum absolute atomic E-state index is 0.0133. The summed E-state index contributed by atoms with van der Waals surface area (Å²) in [5.74, 6) is 0.127. The summed E-state index contributed by atoms with van der Waals surface area (Å²) in [7, 11) is 0.